The summed E-state index contributed by atoms with van der Waals surface area (Å²) in [5.41, 5.74) is 1.13. The third kappa shape index (κ3) is 3.66. The van der Waals surface area contributed by atoms with Gasteiger partial charge in [0.2, 0.25) is 0 Å². The number of methoxy groups -OCH3 is 1. The number of aryl methyl sites for hydroxylation is 1. The fourth-order valence-electron chi connectivity index (χ4n) is 1.41. The summed E-state index contributed by atoms with van der Waals surface area (Å²) in [6, 6.07) is 1.57. The Morgan fingerprint density at radius 1 is 1.59 bits per heavy atom. The van der Waals surface area contributed by atoms with E-state index in [4.69, 9.17) is 11.6 Å². The number of halogens is 1. The molecule has 0 aliphatic rings. The molecule has 2 N–H and O–H groups in total. The number of aliphatic hydroxyl groups is 2. The quantitative estimate of drug-likeness (QED) is 0.623. The lowest BCUT2D eigenvalue weighted by Gasteiger charge is -2.18. The molecule has 0 radical (unpaired) electrons. The molecule has 1 aromatic heterocycles. The van der Waals surface area contributed by atoms with Crippen LogP contribution in [-0.4, -0.2) is 34.4 Å². The Balaban J connectivity index is 2.81. The molecule has 2 unspecified atom stereocenters. The molecule has 0 aliphatic heterocycles. The van der Waals surface area contributed by atoms with Crippen molar-refractivity contribution in [3.63, 3.8) is 0 Å². The van der Waals surface area contributed by atoms with Gasteiger partial charge in [-0.15, -0.1) is 0 Å². The number of rotatable bonds is 4. The topological polar surface area (TPSA) is 79.7 Å². The molecular weight excluding hydrogens is 246 g/mol. The Morgan fingerprint density at radius 3 is 2.76 bits per heavy atom. The number of aromatic nitrogens is 1. The van der Waals surface area contributed by atoms with E-state index in [0.717, 1.165) is 0 Å². The van der Waals surface area contributed by atoms with E-state index in [0.29, 0.717) is 16.3 Å². The molecule has 0 bridgehead atoms. The van der Waals surface area contributed by atoms with Crippen molar-refractivity contribution in [2.75, 3.05) is 7.11 Å². The molecule has 2 atom stereocenters. The van der Waals surface area contributed by atoms with Gasteiger partial charge in [0.15, 0.2) is 0 Å². The Kier molecular flexibility index (Phi) is 4.86. The molecule has 0 saturated heterocycles. The highest BCUT2D eigenvalue weighted by molar-refractivity contribution is 6.29. The van der Waals surface area contributed by atoms with Gasteiger partial charge >= 0.3 is 5.97 Å². The van der Waals surface area contributed by atoms with Crippen molar-refractivity contribution < 1.29 is 19.7 Å². The summed E-state index contributed by atoms with van der Waals surface area (Å²) in [5, 5.41) is 19.8. The van der Waals surface area contributed by atoms with Crippen LogP contribution in [0.5, 0.6) is 0 Å². The van der Waals surface area contributed by atoms with Crippen molar-refractivity contribution in [2.45, 2.75) is 25.6 Å². The van der Waals surface area contributed by atoms with Crippen LogP contribution in [0.2, 0.25) is 5.15 Å². The molecule has 17 heavy (non-hydrogen) atoms. The maximum absolute atomic E-state index is 11.0. The second kappa shape index (κ2) is 5.95. The first-order valence-electron chi connectivity index (χ1n) is 5.00. The van der Waals surface area contributed by atoms with E-state index in [9.17, 15) is 15.0 Å². The summed E-state index contributed by atoms with van der Waals surface area (Å²) in [4.78, 5) is 14.8. The molecule has 0 aromatic carbocycles. The van der Waals surface area contributed by atoms with Crippen LogP contribution in [0.25, 0.3) is 0 Å². The third-order valence-electron chi connectivity index (χ3n) is 2.40. The number of carbonyl (C=O) groups is 1. The minimum Gasteiger partial charge on any atom is -0.469 e. The second-order valence-corrected chi connectivity index (χ2v) is 4.04. The first-order valence-corrected chi connectivity index (χ1v) is 5.38. The smallest absolute Gasteiger partial charge is 0.308 e. The SMILES string of the molecule is COC(=O)CC(O)C(O)c1cnc(Cl)cc1C. The van der Waals surface area contributed by atoms with Crippen LogP contribution >= 0.6 is 11.6 Å². The summed E-state index contributed by atoms with van der Waals surface area (Å²) in [6.45, 7) is 1.73. The lowest BCUT2D eigenvalue weighted by molar-refractivity contribution is -0.144. The molecule has 94 valence electrons. The van der Waals surface area contributed by atoms with Crippen LogP contribution in [-0.2, 0) is 9.53 Å². The van der Waals surface area contributed by atoms with Crippen LogP contribution in [0.3, 0.4) is 0 Å². The number of esters is 1. The lowest BCUT2D eigenvalue weighted by atomic mass is 10.00. The first-order chi connectivity index (χ1) is 7.95. The number of aliphatic hydroxyl groups excluding tert-OH is 2. The van der Waals surface area contributed by atoms with E-state index < -0.39 is 18.2 Å². The largest absolute Gasteiger partial charge is 0.469 e. The predicted molar refractivity (Wildman–Crippen MR) is 61.6 cm³/mol. The van der Waals surface area contributed by atoms with E-state index in [-0.39, 0.29) is 6.42 Å². The van der Waals surface area contributed by atoms with Gasteiger partial charge in [-0.3, -0.25) is 4.79 Å². The van der Waals surface area contributed by atoms with Crippen LogP contribution < -0.4 is 0 Å². The summed E-state index contributed by atoms with van der Waals surface area (Å²) >= 11 is 5.68. The van der Waals surface area contributed by atoms with Gasteiger partial charge in [-0.2, -0.15) is 0 Å². The standard InChI is InChI=1S/C11H14ClNO4/c1-6-3-9(12)13-5-7(6)11(16)8(14)4-10(15)17-2/h3,5,8,11,14,16H,4H2,1-2H3. The van der Waals surface area contributed by atoms with Crippen molar-refractivity contribution in [2.24, 2.45) is 0 Å². The number of nitrogens with zero attached hydrogens (tertiary/aromatic N) is 1. The monoisotopic (exact) mass is 259 g/mol. The fraction of sp³-hybridized carbons (Fsp3) is 0.455. The zero-order valence-electron chi connectivity index (χ0n) is 9.55. The maximum Gasteiger partial charge on any atom is 0.308 e. The Labute approximate surface area is 104 Å². The summed E-state index contributed by atoms with van der Waals surface area (Å²) < 4.78 is 4.41. The van der Waals surface area contributed by atoms with E-state index in [1.165, 1.54) is 13.3 Å². The molecule has 0 saturated carbocycles. The van der Waals surface area contributed by atoms with Gasteiger partial charge in [-0.05, 0) is 18.6 Å². The number of pyridine rings is 1. The molecule has 5 nitrogen and oxygen atoms in total. The molecule has 0 amide bonds. The zero-order chi connectivity index (χ0) is 13.0. The number of ether oxygens (including phenoxy) is 1. The van der Waals surface area contributed by atoms with Crippen molar-refractivity contribution in [1.82, 2.24) is 4.98 Å². The highest BCUT2D eigenvalue weighted by Crippen LogP contribution is 2.23. The van der Waals surface area contributed by atoms with Gasteiger partial charge in [0.05, 0.1) is 19.6 Å². The summed E-state index contributed by atoms with van der Waals surface area (Å²) in [5.74, 6) is -0.587. The van der Waals surface area contributed by atoms with Crippen LogP contribution in [0.1, 0.15) is 23.7 Å². The zero-order valence-corrected chi connectivity index (χ0v) is 10.3. The highest BCUT2D eigenvalue weighted by Gasteiger charge is 2.23. The van der Waals surface area contributed by atoms with Gasteiger partial charge in [0, 0.05) is 11.8 Å². The van der Waals surface area contributed by atoms with E-state index in [1.54, 1.807) is 13.0 Å². The Bertz CT molecular complexity index is 410. The predicted octanol–water partition coefficient (Wildman–Crippen LogP) is 1.00. The second-order valence-electron chi connectivity index (χ2n) is 3.66. The van der Waals surface area contributed by atoms with Gasteiger partial charge in [0.25, 0.3) is 0 Å². The molecular formula is C11H14ClNO4. The van der Waals surface area contributed by atoms with Crippen molar-refractivity contribution in [3.8, 4) is 0 Å². The maximum atomic E-state index is 11.0. The summed E-state index contributed by atoms with van der Waals surface area (Å²) in [6.07, 6.45) is -1.33. The van der Waals surface area contributed by atoms with Crippen LogP contribution in [0.15, 0.2) is 12.3 Å². The minimum absolute atomic E-state index is 0.278. The fourth-order valence-corrected chi connectivity index (χ4v) is 1.63. The molecule has 6 heteroatoms. The van der Waals surface area contributed by atoms with E-state index in [2.05, 4.69) is 9.72 Å². The molecule has 1 rings (SSSR count). The van der Waals surface area contributed by atoms with Gasteiger partial charge in [0.1, 0.15) is 11.3 Å². The van der Waals surface area contributed by atoms with Crippen LogP contribution in [0.4, 0.5) is 0 Å². The van der Waals surface area contributed by atoms with Crippen molar-refractivity contribution in [3.05, 3.63) is 28.5 Å². The molecule has 1 aromatic rings. The van der Waals surface area contributed by atoms with Crippen molar-refractivity contribution in [1.29, 1.82) is 0 Å². The average molecular weight is 260 g/mol. The lowest BCUT2D eigenvalue weighted by Crippen LogP contribution is -2.23. The van der Waals surface area contributed by atoms with Crippen LogP contribution in [0, 0.1) is 6.92 Å². The third-order valence-corrected chi connectivity index (χ3v) is 2.61. The highest BCUT2D eigenvalue weighted by atomic mass is 35.5. The van der Waals surface area contributed by atoms with Crippen molar-refractivity contribution >= 4 is 17.6 Å². The van der Waals surface area contributed by atoms with E-state index >= 15 is 0 Å². The number of hydrogen-bond acceptors (Lipinski definition) is 5. The molecule has 0 spiro atoms. The first kappa shape index (κ1) is 13.9. The van der Waals surface area contributed by atoms with Gasteiger partial charge in [-0.25, -0.2) is 4.98 Å². The number of carbonyl (C=O) groups excluding carboxylic acids is 1. The number of hydrogen-bond donors (Lipinski definition) is 2. The van der Waals surface area contributed by atoms with E-state index in [1.807, 2.05) is 0 Å². The average Bonchev–Trinajstić information content (AvgIpc) is 2.28. The summed E-state index contributed by atoms with van der Waals surface area (Å²) in [7, 11) is 1.22. The normalized spacial score (nSPS) is 14.2. The Morgan fingerprint density at radius 2 is 2.24 bits per heavy atom. The molecule has 1 heterocycles. The minimum atomic E-state index is -1.23. The van der Waals surface area contributed by atoms with Gasteiger partial charge < -0.3 is 14.9 Å². The Hall–Kier alpha value is -1.17. The molecule has 0 aliphatic carbocycles. The molecule has 0 fully saturated rings. The van der Waals surface area contributed by atoms with Gasteiger partial charge in [-0.1, -0.05) is 11.6 Å².